The minimum atomic E-state index is -1.41. The highest BCUT2D eigenvalue weighted by Crippen LogP contribution is 2.35. The molecule has 0 aliphatic heterocycles. The summed E-state index contributed by atoms with van der Waals surface area (Å²) in [5, 5.41) is 10.3. The molecule has 0 aliphatic rings. The predicted molar refractivity (Wildman–Crippen MR) is 82.0 cm³/mol. The maximum absolute atomic E-state index is 12.6. The molecule has 0 saturated carbocycles. The van der Waals surface area contributed by atoms with Crippen molar-refractivity contribution >= 4 is 22.4 Å². The molecule has 2 nitrogen and oxygen atoms in total. The first-order chi connectivity index (χ1) is 8.95. The molecule has 4 heteroatoms. The van der Waals surface area contributed by atoms with Gasteiger partial charge in [-0.15, -0.1) is 11.6 Å². The molecule has 108 valence electrons. The van der Waals surface area contributed by atoms with Crippen molar-refractivity contribution < 1.29 is 9.32 Å². The van der Waals surface area contributed by atoms with Crippen LogP contribution in [0.2, 0.25) is 0 Å². The van der Waals surface area contributed by atoms with Gasteiger partial charge >= 0.3 is 0 Å². The van der Waals surface area contributed by atoms with Gasteiger partial charge in [-0.3, -0.25) is 4.21 Å². The molecule has 0 fully saturated rings. The summed E-state index contributed by atoms with van der Waals surface area (Å²) in [4.78, 5) is 0.679. The summed E-state index contributed by atoms with van der Waals surface area (Å²) in [5.41, 5.74) is 1.11. The monoisotopic (exact) mass is 302 g/mol. The zero-order chi connectivity index (χ0) is 14.5. The quantitative estimate of drug-likeness (QED) is 0.773. The van der Waals surface area contributed by atoms with E-state index in [4.69, 9.17) is 11.6 Å². The third-order valence-corrected chi connectivity index (χ3v) is 6.17. The molecule has 0 saturated heterocycles. The lowest BCUT2D eigenvalue weighted by Crippen LogP contribution is -2.40. The number of halogens is 1. The Morgan fingerprint density at radius 1 is 1.32 bits per heavy atom. The normalized spacial score (nSPS) is 17.7. The Kier molecular flexibility index (Phi) is 6.51. The molecular weight excluding hydrogens is 280 g/mol. The van der Waals surface area contributed by atoms with Crippen molar-refractivity contribution in [3.8, 4) is 0 Å². The Balaban J connectivity index is 2.94. The summed E-state index contributed by atoms with van der Waals surface area (Å²) in [6.07, 6.45) is 2.19. The molecule has 0 radical (unpaired) electrons. The van der Waals surface area contributed by atoms with Crippen LogP contribution in [0.15, 0.2) is 29.2 Å². The first-order valence-corrected chi connectivity index (χ1v) is 8.34. The number of aliphatic hydroxyl groups is 1. The first-order valence-electron chi connectivity index (χ1n) is 6.81. The third-order valence-electron chi connectivity index (χ3n) is 3.35. The summed E-state index contributed by atoms with van der Waals surface area (Å²) >= 11 is 6.48. The van der Waals surface area contributed by atoms with Gasteiger partial charge in [0.05, 0.1) is 16.9 Å². The van der Waals surface area contributed by atoms with Crippen molar-refractivity contribution in [2.45, 2.75) is 61.7 Å². The summed E-state index contributed by atoms with van der Waals surface area (Å²) < 4.78 is 11.5. The topological polar surface area (TPSA) is 37.3 Å². The van der Waals surface area contributed by atoms with E-state index in [9.17, 15) is 9.32 Å². The number of hydrogen-bond acceptors (Lipinski definition) is 2. The Hall–Kier alpha value is -0.380. The summed E-state index contributed by atoms with van der Waals surface area (Å²) in [7, 11) is -1.41. The van der Waals surface area contributed by atoms with Gasteiger partial charge in [-0.05, 0) is 31.9 Å². The average molecular weight is 303 g/mol. The van der Waals surface area contributed by atoms with Crippen molar-refractivity contribution in [2.24, 2.45) is 0 Å². The van der Waals surface area contributed by atoms with E-state index in [0.29, 0.717) is 17.7 Å². The van der Waals surface area contributed by atoms with E-state index in [1.165, 1.54) is 0 Å². The van der Waals surface area contributed by atoms with Crippen molar-refractivity contribution in [2.75, 3.05) is 0 Å². The molecule has 0 aliphatic carbocycles. The molecule has 19 heavy (non-hydrogen) atoms. The van der Waals surface area contributed by atoms with Crippen molar-refractivity contribution in [3.05, 3.63) is 29.8 Å². The lowest BCUT2D eigenvalue weighted by Gasteiger charge is -2.30. The Labute approximate surface area is 123 Å². The van der Waals surface area contributed by atoms with E-state index in [0.717, 1.165) is 18.4 Å². The van der Waals surface area contributed by atoms with Crippen molar-refractivity contribution in [1.29, 1.82) is 0 Å². The molecule has 0 heterocycles. The third kappa shape index (κ3) is 4.04. The summed E-state index contributed by atoms with van der Waals surface area (Å²) in [5.74, 6) is 0. The molecule has 1 N–H and O–H groups in total. The molecule has 3 atom stereocenters. The van der Waals surface area contributed by atoms with E-state index in [1.54, 1.807) is 0 Å². The first kappa shape index (κ1) is 16.7. The second-order valence-electron chi connectivity index (χ2n) is 4.88. The molecule has 0 aromatic heterocycles. The zero-order valence-electron chi connectivity index (χ0n) is 11.9. The van der Waals surface area contributed by atoms with Gasteiger partial charge in [-0.1, -0.05) is 44.4 Å². The van der Waals surface area contributed by atoms with E-state index in [-0.39, 0.29) is 0 Å². The van der Waals surface area contributed by atoms with Crippen molar-refractivity contribution in [3.63, 3.8) is 0 Å². The smallest absolute Gasteiger partial charge is 0.149 e. The number of alkyl halides is 1. The maximum atomic E-state index is 12.6. The van der Waals surface area contributed by atoms with Gasteiger partial charge < -0.3 is 5.11 Å². The van der Waals surface area contributed by atoms with E-state index in [1.807, 2.05) is 38.1 Å². The fourth-order valence-electron chi connectivity index (χ4n) is 1.96. The lowest BCUT2D eigenvalue weighted by molar-refractivity contribution is 0.142. The van der Waals surface area contributed by atoms with Gasteiger partial charge in [0.2, 0.25) is 0 Å². The van der Waals surface area contributed by atoms with Gasteiger partial charge in [0.25, 0.3) is 0 Å². The standard InChI is InChI=1S/C15H23ClO2S/c1-4-6-7-14(17)15(16,5-2)19(18)13-10-8-12(3)9-11-13/h8-11,14,17H,4-7H2,1-3H3/t14-,15-,19-/m1/s1. The number of aryl methyl sites for hydroxylation is 1. The number of unbranched alkanes of at least 4 members (excludes halogenated alkanes) is 1. The van der Waals surface area contributed by atoms with Crippen LogP contribution in [0.1, 0.15) is 45.1 Å². The van der Waals surface area contributed by atoms with Crippen molar-refractivity contribution in [1.82, 2.24) is 0 Å². The van der Waals surface area contributed by atoms with Crippen LogP contribution in [-0.4, -0.2) is 19.6 Å². The maximum Gasteiger partial charge on any atom is 0.149 e. The zero-order valence-corrected chi connectivity index (χ0v) is 13.4. The minimum absolute atomic E-state index is 0.472. The molecule has 0 bridgehead atoms. The average Bonchev–Trinajstić information content (AvgIpc) is 2.43. The van der Waals surface area contributed by atoms with Crippen LogP contribution in [-0.2, 0) is 10.8 Å². The van der Waals surface area contributed by atoms with E-state index >= 15 is 0 Å². The summed E-state index contributed by atoms with van der Waals surface area (Å²) in [6, 6.07) is 7.48. The molecule has 0 spiro atoms. The predicted octanol–water partition coefficient (Wildman–Crippen LogP) is 4.00. The Morgan fingerprint density at radius 2 is 1.89 bits per heavy atom. The molecule has 1 rings (SSSR count). The lowest BCUT2D eigenvalue weighted by atomic mass is 10.1. The van der Waals surface area contributed by atoms with Crippen LogP contribution >= 0.6 is 11.6 Å². The summed E-state index contributed by atoms with van der Waals surface area (Å²) in [6.45, 7) is 5.91. The fourth-order valence-corrected chi connectivity index (χ4v) is 3.74. The van der Waals surface area contributed by atoms with Crippen LogP contribution in [0.25, 0.3) is 0 Å². The van der Waals surface area contributed by atoms with Crippen LogP contribution in [0, 0.1) is 6.92 Å². The highest BCUT2D eigenvalue weighted by Gasteiger charge is 2.40. The Bertz CT molecular complexity index is 419. The molecule has 1 aromatic rings. The van der Waals surface area contributed by atoms with Gasteiger partial charge in [-0.25, -0.2) is 0 Å². The van der Waals surface area contributed by atoms with E-state index < -0.39 is 21.1 Å². The molecular formula is C15H23ClO2S. The van der Waals surface area contributed by atoms with Crippen LogP contribution in [0.5, 0.6) is 0 Å². The molecule has 1 aromatic carbocycles. The Morgan fingerprint density at radius 3 is 2.37 bits per heavy atom. The van der Waals surface area contributed by atoms with Gasteiger partial charge in [0.15, 0.2) is 0 Å². The number of aliphatic hydroxyl groups excluding tert-OH is 1. The van der Waals surface area contributed by atoms with Gasteiger partial charge in [0, 0.05) is 4.90 Å². The largest absolute Gasteiger partial charge is 0.390 e. The highest BCUT2D eigenvalue weighted by molar-refractivity contribution is 7.88. The van der Waals surface area contributed by atoms with Gasteiger partial charge in [-0.2, -0.15) is 0 Å². The number of rotatable bonds is 7. The van der Waals surface area contributed by atoms with Gasteiger partial charge in [0.1, 0.15) is 4.21 Å². The van der Waals surface area contributed by atoms with Crippen LogP contribution in [0.3, 0.4) is 0 Å². The highest BCUT2D eigenvalue weighted by atomic mass is 35.5. The van der Waals surface area contributed by atoms with E-state index in [2.05, 4.69) is 6.92 Å². The minimum Gasteiger partial charge on any atom is -0.390 e. The molecule has 0 amide bonds. The SMILES string of the molecule is CCCC[C@@H](O)[C@@](Cl)(CC)[S@](=O)c1ccc(C)cc1. The second kappa shape index (κ2) is 7.41. The fraction of sp³-hybridized carbons (Fsp3) is 0.600. The number of hydrogen-bond donors (Lipinski definition) is 1. The number of benzene rings is 1. The molecule has 0 unspecified atom stereocenters. The van der Waals surface area contributed by atoms with Crippen LogP contribution < -0.4 is 0 Å². The second-order valence-corrected chi connectivity index (χ2v) is 7.52. The van der Waals surface area contributed by atoms with Crippen LogP contribution in [0.4, 0.5) is 0 Å².